The van der Waals surface area contributed by atoms with Crippen LogP contribution in [0.15, 0.2) is 76.2 Å². The van der Waals surface area contributed by atoms with E-state index < -0.39 is 11.0 Å². The number of rotatable bonds is 6. The maximum atomic E-state index is 13.4. The minimum absolute atomic E-state index is 0.0334. The van der Waals surface area contributed by atoms with Crippen LogP contribution in [0.5, 0.6) is 0 Å². The van der Waals surface area contributed by atoms with Gasteiger partial charge in [0.25, 0.3) is 0 Å². The Bertz CT molecular complexity index is 846. The molecule has 6 nitrogen and oxygen atoms in total. The molecule has 2 aromatic heterocycles. The van der Waals surface area contributed by atoms with Crippen molar-refractivity contribution in [3.63, 3.8) is 0 Å². The highest BCUT2D eigenvalue weighted by atomic mass is 16.5. The maximum Gasteiger partial charge on any atom is 0.230 e. The average Bonchev–Trinajstić information content (AvgIpc) is 3.48. The van der Waals surface area contributed by atoms with Gasteiger partial charge in [-0.2, -0.15) is 0 Å². The summed E-state index contributed by atoms with van der Waals surface area (Å²) in [5.41, 5.74) is -0.723. The first-order chi connectivity index (χ1) is 13.7. The molecule has 4 rings (SSSR count). The molecule has 1 saturated heterocycles. The fraction of sp³-hybridized carbons (Fsp3) is 0.318. The van der Waals surface area contributed by atoms with Crippen LogP contribution in [0.2, 0.25) is 0 Å². The molecule has 28 heavy (non-hydrogen) atoms. The first-order valence-electron chi connectivity index (χ1n) is 9.36. The molecule has 0 unspecified atom stereocenters. The molecule has 1 aliphatic rings. The Morgan fingerprint density at radius 1 is 1.07 bits per heavy atom. The largest absolute Gasteiger partial charge is 0.472 e. The van der Waals surface area contributed by atoms with Crippen LogP contribution in [0.25, 0.3) is 0 Å². The van der Waals surface area contributed by atoms with E-state index in [0.717, 1.165) is 5.56 Å². The van der Waals surface area contributed by atoms with E-state index in [0.29, 0.717) is 37.4 Å². The van der Waals surface area contributed by atoms with Crippen molar-refractivity contribution in [3.05, 3.63) is 84.2 Å². The number of aliphatic hydroxyl groups is 1. The van der Waals surface area contributed by atoms with Gasteiger partial charge in [-0.1, -0.05) is 30.3 Å². The molecular formula is C22H23NO5. The molecular weight excluding hydrogens is 358 g/mol. The summed E-state index contributed by atoms with van der Waals surface area (Å²) in [6.45, 7) is 1.01. The summed E-state index contributed by atoms with van der Waals surface area (Å²) < 4.78 is 16.1. The van der Waals surface area contributed by atoms with Crippen LogP contribution in [-0.2, 0) is 20.5 Å². The van der Waals surface area contributed by atoms with E-state index in [9.17, 15) is 9.90 Å². The molecule has 1 aliphatic heterocycles. The lowest BCUT2D eigenvalue weighted by molar-refractivity contribution is -0.131. The van der Waals surface area contributed by atoms with Gasteiger partial charge in [0.2, 0.25) is 5.91 Å². The Kier molecular flexibility index (Phi) is 5.07. The highest BCUT2D eigenvalue weighted by Gasteiger charge is 2.43. The second-order valence-electron chi connectivity index (χ2n) is 7.09. The van der Waals surface area contributed by atoms with E-state index in [4.69, 9.17) is 13.6 Å². The normalized spacial score (nSPS) is 18.3. The van der Waals surface area contributed by atoms with Gasteiger partial charge in [0.05, 0.1) is 30.7 Å². The van der Waals surface area contributed by atoms with E-state index in [2.05, 4.69) is 5.32 Å². The van der Waals surface area contributed by atoms with E-state index in [1.54, 1.807) is 18.2 Å². The van der Waals surface area contributed by atoms with Crippen molar-refractivity contribution in [3.8, 4) is 0 Å². The van der Waals surface area contributed by atoms with Gasteiger partial charge in [0.1, 0.15) is 5.76 Å². The minimum atomic E-state index is -1.52. The molecule has 1 aromatic carbocycles. The Hall–Kier alpha value is -2.83. The number of nitrogens with one attached hydrogen (secondary N) is 1. The van der Waals surface area contributed by atoms with Crippen molar-refractivity contribution in [1.82, 2.24) is 5.32 Å². The molecule has 0 radical (unpaired) electrons. The van der Waals surface area contributed by atoms with Crippen LogP contribution in [0.3, 0.4) is 0 Å². The van der Waals surface area contributed by atoms with Gasteiger partial charge < -0.3 is 24.0 Å². The maximum absolute atomic E-state index is 13.4. The quantitative estimate of drug-likeness (QED) is 0.686. The highest BCUT2D eigenvalue weighted by molar-refractivity contribution is 5.88. The SMILES string of the molecule is O=C(NC[C@@](O)(c1ccoc1)c1ccco1)C1(c2ccccc2)CCOCC1. The lowest BCUT2D eigenvalue weighted by atomic mass is 9.73. The number of ether oxygens (including phenoxy) is 1. The number of carbonyl (C=O) groups excluding carboxylic acids is 1. The van der Waals surface area contributed by atoms with Crippen molar-refractivity contribution in [2.24, 2.45) is 0 Å². The summed E-state index contributed by atoms with van der Waals surface area (Å²) in [7, 11) is 0. The Morgan fingerprint density at radius 2 is 1.86 bits per heavy atom. The number of carbonyl (C=O) groups is 1. The Morgan fingerprint density at radius 3 is 2.50 bits per heavy atom. The smallest absolute Gasteiger partial charge is 0.230 e. The molecule has 0 saturated carbocycles. The first-order valence-corrected chi connectivity index (χ1v) is 9.36. The van der Waals surface area contributed by atoms with Crippen molar-refractivity contribution in [2.75, 3.05) is 19.8 Å². The predicted octanol–water partition coefficient (Wildman–Crippen LogP) is 2.97. The van der Waals surface area contributed by atoms with Crippen molar-refractivity contribution in [1.29, 1.82) is 0 Å². The summed E-state index contributed by atoms with van der Waals surface area (Å²) in [5.74, 6) is 0.213. The molecule has 3 heterocycles. The second-order valence-corrected chi connectivity index (χ2v) is 7.09. The summed E-state index contributed by atoms with van der Waals surface area (Å²) in [4.78, 5) is 13.4. The molecule has 0 bridgehead atoms. The monoisotopic (exact) mass is 381 g/mol. The highest BCUT2D eigenvalue weighted by Crippen LogP contribution is 2.36. The number of benzene rings is 1. The third-order valence-corrected chi connectivity index (χ3v) is 5.54. The molecule has 3 aromatic rings. The predicted molar refractivity (Wildman–Crippen MR) is 102 cm³/mol. The molecule has 0 spiro atoms. The summed E-state index contributed by atoms with van der Waals surface area (Å²) >= 11 is 0. The number of furan rings is 2. The van der Waals surface area contributed by atoms with E-state index in [1.165, 1.54) is 18.8 Å². The number of hydrogen-bond acceptors (Lipinski definition) is 5. The fourth-order valence-corrected chi connectivity index (χ4v) is 3.85. The summed E-state index contributed by atoms with van der Waals surface area (Å²) in [6, 6.07) is 14.8. The Balaban J connectivity index is 1.61. The zero-order valence-corrected chi connectivity index (χ0v) is 15.5. The van der Waals surface area contributed by atoms with Crippen LogP contribution in [-0.4, -0.2) is 30.8 Å². The summed E-state index contributed by atoms with van der Waals surface area (Å²) in [5, 5.41) is 14.3. The van der Waals surface area contributed by atoms with Gasteiger partial charge in [-0.05, 0) is 36.6 Å². The molecule has 6 heteroatoms. The molecule has 0 aliphatic carbocycles. The third kappa shape index (κ3) is 3.25. The van der Waals surface area contributed by atoms with Gasteiger partial charge in [0.15, 0.2) is 5.60 Å². The lowest BCUT2D eigenvalue weighted by Crippen LogP contribution is -2.51. The second kappa shape index (κ2) is 7.66. The minimum Gasteiger partial charge on any atom is -0.472 e. The topological polar surface area (TPSA) is 84.8 Å². The van der Waals surface area contributed by atoms with Crippen molar-refractivity contribution < 1.29 is 23.5 Å². The van der Waals surface area contributed by atoms with E-state index >= 15 is 0 Å². The van der Waals surface area contributed by atoms with Crippen LogP contribution in [0, 0.1) is 0 Å². The van der Waals surface area contributed by atoms with Crippen molar-refractivity contribution >= 4 is 5.91 Å². The van der Waals surface area contributed by atoms with Crippen LogP contribution in [0.4, 0.5) is 0 Å². The van der Waals surface area contributed by atoms with Gasteiger partial charge in [-0.3, -0.25) is 4.79 Å². The van der Waals surface area contributed by atoms with Crippen LogP contribution < -0.4 is 5.32 Å². The van der Waals surface area contributed by atoms with Gasteiger partial charge in [-0.15, -0.1) is 0 Å². The number of hydrogen-bond donors (Lipinski definition) is 2. The van der Waals surface area contributed by atoms with Crippen LogP contribution >= 0.6 is 0 Å². The molecule has 146 valence electrons. The van der Waals surface area contributed by atoms with Gasteiger partial charge in [-0.25, -0.2) is 0 Å². The summed E-state index contributed by atoms with van der Waals surface area (Å²) in [6.07, 6.45) is 5.61. The standard InChI is InChI=1S/C22H23NO5/c24-20(21(9-13-26-14-10-21)17-5-2-1-3-6-17)23-16-22(25,18-8-12-27-15-18)19-7-4-11-28-19/h1-8,11-12,15,25H,9-10,13-14,16H2,(H,23,24)/t22-/m1/s1. The average molecular weight is 381 g/mol. The first kappa shape index (κ1) is 18.5. The zero-order valence-electron chi connectivity index (χ0n) is 15.5. The molecule has 1 atom stereocenters. The van der Waals surface area contributed by atoms with E-state index in [1.807, 2.05) is 30.3 Å². The van der Waals surface area contributed by atoms with Gasteiger partial charge >= 0.3 is 0 Å². The molecule has 2 N–H and O–H groups in total. The van der Waals surface area contributed by atoms with Crippen LogP contribution in [0.1, 0.15) is 29.7 Å². The van der Waals surface area contributed by atoms with Crippen molar-refractivity contribution in [2.45, 2.75) is 23.9 Å². The zero-order chi connectivity index (χ0) is 19.5. The number of amides is 1. The Labute approximate surface area is 163 Å². The molecule has 1 amide bonds. The van der Waals surface area contributed by atoms with E-state index in [-0.39, 0.29) is 12.5 Å². The lowest BCUT2D eigenvalue weighted by Gasteiger charge is -2.37. The van der Waals surface area contributed by atoms with Gasteiger partial charge in [0, 0.05) is 18.8 Å². The third-order valence-electron chi connectivity index (χ3n) is 5.54. The molecule has 1 fully saturated rings. The fourth-order valence-electron chi connectivity index (χ4n) is 3.85.